The molecule has 3 aromatic rings. The second kappa shape index (κ2) is 4.06. The van der Waals surface area contributed by atoms with Gasteiger partial charge in [0.2, 0.25) is 0 Å². The maximum absolute atomic E-state index is 11.2. The van der Waals surface area contributed by atoms with Gasteiger partial charge in [-0.2, -0.15) is 5.10 Å². The van der Waals surface area contributed by atoms with Crippen molar-refractivity contribution in [1.29, 1.82) is 0 Å². The molecule has 0 saturated heterocycles. The van der Waals surface area contributed by atoms with Gasteiger partial charge in [-0.3, -0.25) is 4.68 Å². The van der Waals surface area contributed by atoms with Crippen LogP contribution in [0.1, 0.15) is 10.5 Å². The number of hydrogen-bond acceptors (Lipinski definition) is 5. The second-order valence-corrected chi connectivity index (χ2v) is 4.94. The lowest BCUT2D eigenvalue weighted by Gasteiger charge is -2.00. The SMILES string of the molecule is Cn1nc(C(=O)O)cc1-c1ccc2sc(=O)oc2c1. The third-order valence-corrected chi connectivity index (χ3v) is 3.53. The van der Waals surface area contributed by atoms with Crippen molar-refractivity contribution in [3.63, 3.8) is 0 Å². The van der Waals surface area contributed by atoms with Gasteiger partial charge >= 0.3 is 10.9 Å². The Hall–Kier alpha value is -2.41. The summed E-state index contributed by atoms with van der Waals surface area (Å²) in [7, 11) is 1.66. The fourth-order valence-electron chi connectivity index (χ4n) is 1.87. The van der Waals surface area contributed by atoms with Gasteiger partial charge in [0.05, 0.1) is 10.4 Å². The number of carbonyl (C=O) groups is 1. The smallest absolute Gasteiger partial charge is 0.396 e. The first-order valence-corrected chi connectivity index (χ1v) is 6.17. The van der Waals surface area contributed by atoms with E-state index in [0.717, 1.165) is 21.6 Å². The van der Waals surface area contributed by atoms with Crippen LogP contribution in [0.4, 0.5) is 0 Å². The van der Waals surface area contributed by atoms with Crippen molar-refractivity contribution in [3.8, 4) is 11.3 Å². The van der Waals surface area contributed by atoms with Gasteiger partial charge in [0.25, 0.3) is 0 Å². The summed E-state index contributed by atoms with van der Waals surface area (Å²) >= 11 is 1.03. The zero-order valence-electron chi connectivity index (χ0n) is 9.78. The van der Waals surface area contributed by atoms with E-state index in [0.29, 0.717) is 11.3 Å². The minimum Gasteiger partial charge on any atom is -0.476 e. The number of nitrogens with zero attached hydrogens (tertiary/aromatic N) is 2. The maximum Gasteiger partial charge on any atom is 0.396 e. The van der Waals surface area contributed by atoms with Crippen molar-refractivity contribution in [3.05, 3.63) is 39.7 Å². The molecule has 1 aromatic carbocycles. The quantitative estimate of drug-likeness (QED) is 0.773. The lowest BCUT2D eigenvalue weighted by molar-refractivity contribution is 0.0689. The van der Waals surface area contributed by atoms with Crippen LogP contribution in [-0.4, -0.2) is 20.9 Å². The summed E-state index contributed by atoms with van der Waals surface area (Å²) in [5.41, 5.74) is 1.86. The zero-order chi connectivity index (χ0) is 13.6. The van der Waals surface area contributed by atoms with Gasteiger partial charge in [-0.25, -0.2) is 9.59 Å². The molecular weight excluding hydrogens is 268 g/mol. The Bertz CT molecular complexity index is 843. The molecule has 0 aliphatic heterocycles. The van der Waals surface area contributed by atoms with Gasteiger partial charge in [-0.1, -0.05) is 17.4 Å². The normalized spacial score (nSPS) is 11.0. The lowest BCUT2D eigenvalue weighted by atomic mass is 10.1. The molecule has 0 atom stereocenters. The number of fused-ring (bicyclic) bond motifs is 1. The van der Waals surface area contributed by atoms with Crippen LogP contribution in [0.25, 0.3) is 21.5 Å². The van der Waals surface area contributed by atoms with Crippen molar-refractivity contribution >= 4 is 27.6 Å². The van der Waals surface area contributed by atoms with Crippen molar-refractivity contribution in [1.82, 2.24) is 9.78 Å². The number of aromatic nitrogens is 2. The zero-order valence-corrected chi connectivity index (χ0v) is 10.6. The number of aryl methyl sites for hydroxylation is 1. The molecule has 2 aromatic heterocycles. The standard InChI is InChI=1S/C12H8N2O4S/c1-14-8(5-7(13-14)11(15)16)6-2-3-10-9(4-6)18-12(17)19-10/h2-5H,1H3,(H,15,16). The van der Waals surface area contributed by atoms with Crippen LogP contribution in [0.5, 0.6) is 0 Å². The second-order valence-electron chi connectivity index (χ2n) is 3.96. The third kappa shape index (κ3) is 1.93. The van der Waals surface area contributed by atoms with E-state index in [2.05, 4.69) is 5.10 Å². The average molecular weight is 276 g/mol. The number of hydrogen-bond donors (Lipinski definition) is 1. The van der Waals surface area contributed by atoms with E-state index in [1.54, 1.807) is 25.2 Å². The molecule has 1 N–H and O–H groups in total. The van der Waals surface area contributed by atoms with Gasteiger partial charge in [0.1, 0.15) is 5.58 Å². The van der Waals surface area contributed by atoms with Crippen molar-refractivity contribution < 1.29 is 14.3 Å². The summed E-state index contributed by atoms with van der Waals surface area (Å²) in [4.78, 5) is 21.7. The molecule has 0 spiro atoms. The van der Waals surface area contributed by atoms with E-state index in [1.807, 2.05) is 0 Å². The van der Waals surface area contributed by atoms with Crippen LogP contribution in [0.15, 0.2) is 33.5 Å². The fraction of sp³-hybridized carbons (Fsp3) is 0.0833. The molecule has 0 bridgehead atoms. The van der Waals surface area contributed by atoms with Crippen LogP contribution >= 0.6 is 11.3 Å². The predicted molar refractivity (Wildman–Crippen MR) is 69.5 cm³/mol. The molecule has 0 amide bonds. The summed E-state index contributed by atoms with van der Waals surface area (Å²) < 4.78 is 7.28. The molecular formula is C12H8N2O4S. The Morgan fingerprint density at radius 1 is 1.42 bits per heavy atom. The molecule has 0 aliphatic carbocycles. The number of rotatable bonds is 2. The molecule has 0 unspecified atom stereocenters. The molecule has 0 saturated carbocycles. The third-order valence-electron chi connectivity index (χ3n) is 2.72. The van der Waals surface area contributed by atoms with Crippen LogP contribution < -0.4 is 4.94 Å². The fourth-order valence-corrected chi connectivity index (χ4v) is 2.52. The molecule has 0 fully saturated rings. The molecule has 6 nitrogen and oxygen atoms in total. The average Bonchev–Trinajstić information content (AvgIpc) is 2.90. The summed E-state index contributed by atoms with van der Waals surface area (Å²) in [5, 5.41) is 12.8. The van der Waals surface area contributed by atoms with Gasteiger partial charge in [0.15, 0.2) is 5.69 Å². The molecule has 96 valence electrons. The first-order chi connectivity index (χ1) is 9.04. The Morgan fingerprint density at radius 3 is 2.89 bits per heavy atom. The van der Waals surface area contributed by atoms with Crippen LogP contribution in [0.2, 0.25) is 0 Å². The first-order valence-electron chi connectivity index (χ1n) is 5.36. The highest BCUT2D eigenvalue weighted by atomic mass is 32.1. The van der Waals surface area contributed by atoms with Crippen molar-refractivity contribution in [2.75, 3.05) is 0 Å². The number of benzene rings is 1. The largest absolute Gasteiger partial charge is 0.476 e. The minimum absolute atomic E-state index is 0.0237. The van der Waals surface area contributed by atoms with Crippen LogP contribution in [-0.2, 0) is 7.05 Å². The van der Waals surface area contributed by atoms with Gasteiger partial charge in [0, 0.05) is 12.6 Å². The highest BCUT2D eigenvalue weighted by Crippen LogP contribution is 2.26. The van der Waals surface area contributed by atoms with E-state index in [9.17, 15) is 9.59 Å². The monoisotopic (exact) mass is 276 g/mol. The Morgan fingerprint density at radius 2 is 2.21 bits per heavy atom. The summed E-state index contributed by atoms with van der Waals surface area (Å²) in [6, 6.07) is 6.76. The highest BCUT2D eigenvalue weighted by molar-refractivity contribution is 7.16. The number of carboxylic acids is 1. The van der Waals surface area contributed by atoms with E-state index >= 15 is 0 Å². The van der Waals surface area contributed by atoms with Crippen molar-refractivity contribution in [2.45, 2.75) is 0 Å². The summed E-state index contributed by atoms with van der Waals surface area (Å²) in [6.07, 6.45) is 0. The number of carboxylic acid groups (broad SMARTS) is 1. The minimum atomic E-state index is -1.08. The molecule has 0 aliphatic rings. The molecule has 2 heterocycles. The molecule has 7 heteroatoms. The molecule has 19 heavy (non-hydrogen) atoms. The van der Waals surface area contributed by atoms with Crippen molar-refractivity contribution in [2.24, 2.45) is 7.05 Å². The Labute approximate surface area is 110 Å². The Kier molecular flexibility index (Phi) is 2.49. The topological polar surface area (TPSA) is 85.3 Å². The maximum atomic E-state index is 11.2. The molecule has 3 rings (SSSR count). The van der Waals surface area contributed by atoms with Gasteiger partial charge in [-0.05, 0) is 18.2 Å². The number of aromatic carboxylic acids is 1. The highest BCUT2D eigenvalue weighted by Gasteiger charge is 2.13. The van der Waals surface area contributed by atoms with Gasteiger partial charge in [-0.15, -0.1) is 0 Å². The van der Waals surface area contributed by atoms with Crippen LogP contribution in [0.3, 0.4) is 0 Å². The molecule has 0 radical (unpaired) electrons. The predicted octanol–water partition coefficient (Wildman–Crippen LogP) is 1.95. The summed E-state index contributed by atoms with van der Waals surface area (Å²) in [6.45, 7) is 0. The van der Waals surface area contributed by atoms with E-state index in [1.165, 1.54) is 10.7 Å². The van der Waals surface area contributed by atoms with E-state index < -0.39 is 5.97 Å². The Balaban J connectivity index is 2.18. The van der Waals surface area contributed by atoms with E-state index in [4.69, 9.17) is 9.52 Å². The first kappa shape index (κ1) is 11.7. The summed E-state index contributed by atoms with van der Waals surface area (Å²) in [5.74, 6) is -1.08. The van der Waals surface area contributed by atoms with Gasteiger partial charge < -0.3 is 9.52 Å². The van der Waals surface area contributed by atoms with Crippen LogP contribution in [0, 0.1) is 0 Å². The van der Waals surface area contributed by atoms with E-state index in [-0.39, 0.29) is 10.6 Å². The lowest BCUT2D eigenvalue weighted by Crippen LogP contribution is -1.99.